The third-order valence-corrected chi connectivity index (χ3v) is 9.74. The van der Waals surface area contributed by atoms with E-state index < -0.39 is 90.2 Å². The summed E-state index contributed by atoms with van der Waals surface area (Å²) in [6.45, 7) is -1.25. The Morgan fingerprint density at radius 3 is 1.78 bits per heavy atom. The van der Waals surface area contributed by atoms with Gasteiger partial charge < -0.3 is 59.5 Å². The van der Waals surface area contributed by atoms with Crippen LogP contribution in [0.4, 0.5) is 11.6 Å². The highest BCUT2D eigenvalue weighted by Gasteiger charge is 2.50. The minimum Gasteiger partial charge on any atom is -0.387 e. The van der Waals surface area contributed by atoms with E-state index in [-0.39, 0.29) is 34.0 Å². The van der Waals surface area contributed by atoms with Gasteiger partial charge in [0.15, 0.2) is 35.4 Å². The van der Waals surface area contributed by atoms with E-state index in [2.05, 4.69) is 29.9 Å². The Morgan fingerprint density at radius 2 is 1.20 bits per heavy atom. The van der Waals surface area contributed by atoms with Crippen LogP contribution in [0.3, 0.4) is 0 Å². The van der Waals surface area contributed by atoms with Crippen molar-refractivity contribution in [3.63, 3.8) is 0 Å². The molecule has 3 aliphatic heterocycles. The van der Waals surface area contributed by atoms with Crippen LogP contribution < -0.4 is 11.5 Å². The quantitative estimate of drug-likeness (QED) is 0.130. The van der Waals surface area contributed by atoms with Gasteiger partial charge in [-0.15, -0.1) is 0 Å². The zero-order valence-corrected chi connectivity index (χ0v) is 25.2. The highest BCUT2D eigenvalue weighted by Crippen LogP contribution is 2.48. The normalized spacial score (nSPS) is 37.7. The van der Waals surface area contributed by atoms with Crippen molar-refractivity contribution in [2.24, 2.45) is 0 Å². The summed E-state index contributed by atoms with van der Waals surface area (Å²) >= 11 is 0. The molecule has 10 atom stereocenters. The molecule has 0 aromatic carbocycles. The lowest BCUT2D eigenvalue weighted by atomic mass is 10.1. The molecule has 0 aliphatic carbocycles. The highest BCUT2D eigenvalue weighted by molar-refractivity contribution is 7.52. The molecule has 4 aromatic heterocycles. The number of hydrogen-bond donors (Lipinski definition) is 6. The Kier molecular flexibility index (Phi) is 8.03. The third kappa shape index (κ3) is 5.65. The molecule has 7 rings (SSSR count). The Balaban J connectivity index is 1.16. The molecule has 0 spiro atoms. The van der Waals surface area contributed by atoms with Gasteiger partial charge in [-0.1, -0.05) is 0 Å². The Bertz CT molecular complexity index is 1860. The first-order valence-electron chi connectivity index (χ1n) is 13.6. The number of aliphatic hydroxyl groups is 2. The number of nitrogen functional groups attached to an aromatic ring is 2. The summed E-state index contributed by atoms with van der Waals surface area (Å²) in [4.78, 5) is 45.6. The second-order valence-electron chi connectivity index (χ2n) is 10.7. The average Bonchev–Trinajstić information content (AvgIpc) is 3.77. The first kappa shape index (κ1) is 31.4. The van der Waals surface area contributed by atoms with Gasteiger partial charge in [0.05, 0.1) is 25.9 Å². The molecule has 22 nitrogen and oxygen atoms in total. The van der Waals surface area contributed by atoms with Crippen LogP contribution in [0.15, 0.2) is 25.3 Å². The van der Waals surface area contributed by atoms with Gasteiger partial charge in [0.25, 0.3) is 0 Å². The summed E-state index contributed by atoms with van der Waals surface area (Å²) < 4.78 is 62.6. The van der Waals surface area contributed by atoms with Crippen LogP contribution in [0, 0.1) is 0 Å². The maximum Gasteiger partial charge on any atom is 0.353 e. The second-order valence-corrected chi connectivity index (χ2v) is 14.2. The Hall–Kier alpha value is -3.24. The Morgan fingerprint density at radius 1 is 0.696 bits per heavy atom. The van der Waals surface area contributed by atoms with Crippen molar-refractivity contribution in [1.82, 2.24) is 39.0 Å². The zero-order valence-electron chi connectivity index (χ0n) is 23.4. The molecule has 7 heterocycles. The van der Waals surface area contributed by atoms with E-state index >= 15 is 0 Å². The summed E-state index contributed by atoms with van der Waals surface area (Å²) in [6, 6.07) is 0. The second kappa shape index (κ2) is 11.8. The van der Waals surface area contributed by atoms with Gasteiger partial charge in [0, 0.05) is 0 Å². The zero-order chi connectivity index (χ0) is 32.4. The van der Waals surface area contributed by atoms with E-state index in [1.54, 1.807) is 0 Å². The SMILES string of the molecule is Nc1ncnc2c1ncn2[C@@H]1O[C@@H]2COP(=O)(O)CO[C@H]3[C@H](O)[C@@H](COP(=O)(O)CO[C@H]2[C@@H]1O)O[C@H]3n1cnc2c(N)ncnc21. The first-order valence-corrected chi connectivity index (χ1v) is 17.1. The van der Waals surface area contributed by atoms with Gasteiger partial charge >= 0.3 is 15.2 Å². The lowest BCUT2D eigenvalue weighted by Gasteiger charge is -2.24. The van der Waals surface area contributed by atoms with Crippen LogP contribution in [0.1, 0.15) is 12.5 Å². The van der Waals surface area contributed by atoms with Gasteiger partial charge in [-0.3, -0.25) is 18.3 Å². The predicted octanol–water partition coefficient (Wildman–Crippen LogP) is -1.55. The summed E-state index contributed by atoms with van der Waals surface area (Å²) in [6.07, 6.45) is -7.57. The van der Waals surface area contributed by atoms with E-state index in [0.717, 1.165) is 0 Å². The molecule has 0 radical (unpaired) electrons. The number of ether oxygens (including phenoxy) is 4. The van der Waals surface area contributed by atoms with Gasteiger partial charge in [-0.05, 0) is 0 Å². The van der Waals surface area contributed by atoms with Crippen molar-refractivity contribution in [3.05, 3.63) is 25.3 Å². The van der Waals surface area contributed by atoms with E-state index in [0.29, 0.717) is 0 Å². The van der Waals surface area contributed by atoms with E-state index in [1.807, 2.05) is 0 Å². The minimum atomic E-state index is -4.58. The van der Waals surface area contributed by atoms with Crippen molar-refractivity contribution in [1.29, 1.82) is 0 Å². The smallest absolute Gasteiger partial charge is 0.353 e. The molecule has 8 N–H and O–H groups in total. The summed E-state index contributed by atoms with van der Waals surface area (Å²) in [5, 5.41) is 22.3. The summed E-state index contributed by atoms with van der Waals surface area (Å²) in [7, 11) is -9.14. The minimum absolute atomic E-state index is 0.0713. The van der Waals surface area contributed by atoms with Crippen LogP contribution in [0.2, 0.25) is 0 Å². The first-order chi connectivity index (χ1) is 21.9. The standard InChI is InChI=1S/C22H28N10O12P2/c23-17-11-19(27-3-25-17)31(5-29-11)21-14(34)15-10(44-21)2-42-46(37,38)8-40-16-13(33)9(1-41-45(35,36)7-39-15)43-22(16)32-6-30-12-18(24)26-4-28-20(12)32/h3-6,9-10,13-16,21-22,33-34H,1-2,7-8H2,(H,35,36)(H,37,38)(H2,23,25,27)(H2,24,26,28)/t9-,10-,13-,14+,15-,16+,21-,22-/m1/s1. The number of imidazole rings is 2. The van der Waals surface area contributed by atoms with Crippen LogP contribution in [-0.2, 0) is 37.1 Å². The van der Waals surface area contributed by atoms with E-state index in [1.165, 1.54) is 34.4 Å². The third-order valence-electron chi connectivity index (χ3n) is 7.69. The van der Waals surface area contributed by atoms with Crippen LogP contribution in [0.25, 0.3) is 22.3 Å². The summed E-state index contributed by atoms with van der Waals surface area (Å²) in [5.74, 6) is 0.149. The number of rotatable bonds is 2. The molecule has 4 aromatic rings. The fraction of sp³-hybridized carbons (Fsp3) is 0.545. The van der Waals surface area contributed by atoms with Crippen molar-refractivity contribution in [3.8, 4) is 0 Å². The molecule has 248 valence electrons. The molecule has 0 saturated carbocycles. The molecule has 2 unspecified atom stereocenters. The van der Waals surface area contributed by atoms with Crippen molar-refractivity contribution in [2.75, 3.05) is 37.4 Å². The number of aliphatic hydroxyl groups excluding tert-OH is 2. The number of nitrogens with two attached hydrogens (primary N) is 2. The van der Waals surface area contributed by atoms with Crippen molar-refractivity contribution < 1.29 is 57.1 Å². The van der Waals surface area contributed by atoms with Crippen molar-refractivity contribution in [2.45, 2.75) is 49.1 Å². The molecular weight excluding hydrogens is 658 g/mol. The van der Waals surface area contributed by atoms with Gasteiger partial charge in [-0.2, -0.15) is 0 Å². The maximum absolute atomic E-state index is 13.1. The number of nitrogens with zero attached hydrogens (tertiary/aromatic N) is 8. The molecule has 0 amide bonds. The molecule has 2 bridgehead atoms. The maximum atomic E-state index is 13.1. The lowest BCUT2D eigenvalue weighted by Crippen LogP contribution is -2.37. The molecule has 3 aliphatic rings. The molecule has 46 heavy (non-hydrogen) atoms. The lowest BCUT2D eigenvalue weighted by molar-refractivity contribution is -0.0696. The molecule has 3 saturated heterocycles. The Labute approximate surface area is 257 Å². The topological polar surface area (TPSA) is 310 Å². The highest BCUT2D eigenvalue weighted by atomic mass is 31.2. The fourth-order valence-corrected chi connectivity index (χ4v) is 7.11. The number of hydrogen-bond acceptors (Lipinski definition) is 18. The van der Waals surface area contributed by atoms with Crippen LogP contribution >= 0.6 is 15.2 Å². The monoisotopic (exact) mass is 686 g/mol. The summed E-state index contributed by atoms with van der Waals surface area (Å²) in [5.41, 5.74) is 12.6. The van der Waals surface area contributed by atoms with E-state index in [9.17, 15) is 29.1 Å². The predicted molar refractivity (Wildman–Crippen MR) is 150 cm³/mol. The van der Waals surface area contributed by atoms with Gasteiger partial charge in [0.2, 0.25) is 0 Å². The largest absolute Gasteiger partial charge is 0.387 e. The molecular formula is C22H28N10O12P2. The van der Waals surface area contributed by atoms with Gasteiger partial charge in [-0.25, -0.2) is 29.9 Å². The van der Waals surface area contributed by atoms with Gasteiger partial charge in [0.1, 0.15) is 73.0 Å². The van der Waals surface area contributed by atoms with E-state index in [4.69, 9.17) is 39.5 Å². The molecule has 3 fully saturated rings. The molecule has 24 heteroatoms. The number of anilines is 2. The fourth-order valence-electron chi connectivity index (χ4n) is 5.48. The van der Waals surface area contributed by atoms with Crippen molar-refractivity contribution >= 4 is 49.2 Å². The van der Waals surface area contributed by atoms with Crippen LogP contribution in [0.5, 0.6) is 0 Å². The number of aromatic nitrogens is 8. The average molecular weight is 686 g/mol. The number of fused-ring (bicyclic) bond motifs is 5. The van der Waals surface area contributed by atoms with Crippen LogP contribution in [-0.4, -0.2) is 122 Å².